The van der Waals surface area contributed by atoms with Crippen molar-refractivity contribution in [2.24, 2.45) is 4.99 Å². The molecule has 10 heavy (non-hydrogen) atoms. The third-order valence-corrected chi connectivity index (χ3v) is 0.832. The van der Waals surface area contributed by atoms with Crippen molar-refractivity contribution in [1.82, 2.24) is 0 Å². The Kier molecular flexibility index (Phi) is 4.12. The van der Waals surface area contributed by atoms with Crippen molar-refractivity contribution in [3.63, 3.8) is 0 Å². The second-order valence-electron chi connectivity index (χ2n) is 2.15. The number of carbonyl (C=O) groups excluding carboxylic acids is 1. The van der Waals surface area contributed by atoms with Gasteiger partial charge in [0.15, 0.2) is 6.29 Å². The van der Waals surface area contributed by atoms with Crippen LogP contribution in [0.4, 0.5) is 0 Å². The van der Waals surface area contributed by atoms with Gasteiger partial charge >= 0.3 is 0 Å². The largest absolute Gasteiger partial charge is 0.298 e. The molecule has 0 aliphatic heterocycles. The fraction of sp³-hybridized carbons (Fsp3) is 0.250. The minimum atomic E-state index is 0.551. The van der Waals surface area contributed by atoms with Crippen LogP contribution in [0.2, 0.25) is 0 Å². The van der Waals surface area contributed by atoms with E-state index in [-0.39, 0.29) is 0 Å². The predicted molar refractivity (Wildman–Crippen MR) is 43.1 cm³/mol. The SMILES string of the molecule is C=N/C=C(/C=O)C=C(C)C. The molecule has 0 aromatic rings. The second-order valence-corrected chi connectivity index (χ2v) is 2.15. The number of aliphatic imine (C=N–C) groups is 1. The number of hydrogen-bond donors (Lipinski definition) is 0. The summed E-state index contributed by atoms with van der Waals surface area (Å²) in [5.41, 5.74) is 1.62. The molecular weight excluding hydrogens is 126 g/mol. The maximum Gasteiger partial charge on any atom is 0.151 e. The van der Waals surface area contributed by atoms with Crippen molar-refractivity contribution in [2.75, 3.05) is 0 Å². The van der Waals surface area contributed by atoms with Gasteiger partial charge in [0.1, 0.15) is 0 Å². The zero-order valence-electron chi connectivity index (χ0n) is 6.29. The van der Waals surface area contributed by atoms with Crippen molar-refractivity contribution >= 4 is 13.0 Å². The molecule has 0 heterocycles. The molecule has 0 aliphatic rings. The van der Waals surface area contributed by atoms with Gasteiger partial charge in [0, 0.05) is 11.8 Å². The molecular formula is C8H11NO. The minimum Gasteiger partial charge on any atom is -0.298 e. The normalized spacial score (nSPS) is 10.4. The first-order chi connectivity index (χ1) is 4.70. The summed E-state index contributed by atoms with van der Waals surface area (Å²) in [4.78, 5) is 13.7. The van der Waals surface area contributed by atoms with E-state index in [1.807, 2.05) is 13.8 Å². The smallest absolute Gasteiger partial charge is 0.151 e. The molecule has 0 aromatic carbocycles. The van der Waals surface area contributed by atoms with Crippen LogP contribution in [0.5, 0.6) is 0 Å². The Morgan fingerprint density at radius 2 is 2.10 bits per heavy atom. The maximum atomic E-state index is 10.2. The van der Waals surface area contributed by atoms with Gasteiger partial charge < -0.3 is 0 Å². The van der Waals surface area contributed by atoms with Crippen molar-refractivity contribution < 1.29 is 4.79 Å². The molecule has 2 heteroatoms. The Morgan fingerprint density at radius 1 is 1.50 bits per heavy atom. The second kappa shape index (κ2) is 4.68. The third kappa shape index (κ3) is 3.78. The number of carbonyl (C=O) groups is 1. The Morgan fingerprint density at radius 3 is 2.40 bits per heavy atom. The van der Waals surface area contributed by atoms with Crippen LogP contribution in [0.3, 0.4) is 0 Å². The van der Waals surface area contributed by atoms with Crippen molar-refractivity contribution in [2.45, 2.75) is 13.8 Å². The zero-order chi connectivity index (χ0) is 7.98. The van der Waals surface area contributed by atoms with Crippen molar-refractivity contribution in [3.05, 3.63) is 23.4 Å². The van der Waals surface area contributed by atoms with E-state index in [0.717, 1.165) is 11.9 Å². The molecule has 0 unspecified atom stereocenters. The van der Waals surface area contributed by atoms with E-state index >= 15 is 0 Å². The lowest BCUT2D eigenvalue weighted by Crippen LogP contribution is -1.78. The van der Waals surface area contributed by atoms with Crippen LogP contribution in [0, 0.1) is 0 Å². The average Bonchev–Trinajstić information content (AvgIpc) is 1.86. The van der Waals surface area contributed by atoms with E-state index in [2.05, 4.69) is 11.7 Å². The van der Waals surface area contributed by atoms with Crippen LogP contribution in [-0.2, 0) is 4.79 Å². The summed E-state index contributed by atoms with van der Waals surface area (Å²) in [7, 11) is 0. The Hall–Kier alpha value is -1.18. The first kappa shape index (κ1) is 8.82. The van der Waals surface area contributed by atoms with Gasteiger partial charge in [0.25, 0.3) is 0 Å². The van der Waals surface area contributed by atoms with Gasteiger partial charge in [0.05, 0.1) is 0 Å². The van der Waals surface area contributed by atoms with Crippen molar-refractivity contribution in [3.8, 4) is 0 Å². The van der Waals surface area contributed by atoms with Crippen LogP contribution < -0.4 is 0 Å². The Balaban J connectivity index is 4.37. The summed E-state index contributed by atoms with van der Waals surface area (Å²) in [6.45, 7) is 7.08. The standard InChI is InChI=1S/C8H11NO/c1-7(2)4-8(6-10)5-9-3/h4-6H,3H2,1-2H3/b8-5+. The summed E-state index contributed by atoms with van der Waals surface area (Å²) in [6.07, 6.45) is 3.93. The van der Waals surface area contributed by atoms with Crippen LogP contribution in [0.25, 0.3) is 0 Å². The number of nitrogens with zero attached hydrogens (tertiary/aromatic N) is 1. The van der Waals surface area contributed by atoms with E-state index in [4.69, 9.17) is 0 Å². The summed E-state index contributed by atoms with van der Waals surface area (Å²) in [6, 6.07) is 0. The molecule has 0 saturated heterocycles. The number of hydrogen-bond acceptors (Lipinski definition) is 2. The van der Waals surface area contributed by atoms with E-state index in [1.165, 1.54) is 6.20 Å². The lowest BCUT2D eigenvalue weighted by Gasteiger charge is -1.87. The summed E-state index contributed by atoms with van der Waals surface area (Å²) in [5, 5.41) is 0. The van der Waals surface area contributed by atoms with Gasteiger partial charge in [-0.15, -0.1) is 0 Å². The highest BCUT2D eigenvalue weighted by atomic mass is 16.1. The zero-order valence-corrected chi connectivity index (χ0v) is 6.29. The molecule has 0 amide bonds. The molecule has 0 atom stereocenters. The van der Waals surface area contributed by atoms with Gasteiger partial charge in [-0.25, -0.2) is 0 Å². The number of rotatable bonds is 3. The van der Waals surface area contributed by atoms with E-state index in [1.54, 1.807) is 6.08 Å². The van der Waals surface area contributed by atoms with Gasteiger partial charge in [-0.05, 0) is 20.6 Å². The highest BCUT2D eigenvalue weighted by Crippen LogP contribution is 1.97. The van der Waals surface area contributed by atoms with Crippen molar-refractivity contribution in [1.29, 1.82) is 0 Å². The molecule has 0 rings (SSSR count). The first-order valence-corrected chi connectivity index (χ1v) is 2.96. The van der Waals surface area contributed by atoms with Crippen LogP contribution in [0.15, 0.2) is 28.4 Å². The molecule has 0 radical (unpaired) electrons. The van der Waals surface area contributed by atoms with Crippen LogP contribution in [0.1, 0.15) is 13.8 Å². The summed E-state index contributed by atoms with van der Waals surface area (Å²) in [5.74, 6) is 0. The summed E-state index contributed by atoms with van der Waals surface area (Å²) >= 11 is 0. The highest BCUT2D eigenvalue weighted by Gasteiger charge is 1.86. The van der Waals surface area contributed by atoms with Crippen LogP contribution >= 0.6 is 0 Å². The van der Waals surface area contributed by atoms with E-state index < -0.39 is 0 Å². The predicted octanol–water partition coefficient (Wildman–Crippen LogP) is 1.74. The molecule has 0 fully saturated rings. The minimum absolute atomic E-state index is 0.551. The lowest BCUT2D eigenvalue weighted by atomic mass is 10.2. The highest BCUT2D eigenvalue weighted by molar-refractivity contribution is 5.77. The molecule has 2 nitrogen and oxygen atoms in total. The monoisotopic (exact) mass is 137 g/mol. The third-order valence-electron chi connectivity index (χ3n) is 0.832. The molecule has 0 spiro atoms. The maximum absolute atomic E-state index is 10.2. The fourth-order valence-corrected chi connectivity index (χ4v) is 0.540. The molecule has 54 valence electrons. The van der Waals surface area contributed by atoms with Gasteiger partial charge in [-0.2, -0.15) is 0 Å². The summed E-state index contributed by atoms with van der Waals surface area (Å²) < 4.78 is 0. The topological polar surface area (TPSA) is 29.4 Å². The van der Waals surface area contributed by atoms with E-state index in [9.17, 15) is 4.79 Å². The van der Waals surface area contributed by atoms with Gasteiger partial charge in [-0.3, -0.25) is 9.79 Å². The fourth-order valence-electron chi connectivity index (χ4n) is 0.540. The van der Waals surface area contributed by atoms with Gasteiger partial charge in [-0.1, -0.05) is 11.6 Å². The molecule has 0 bridgehead atoms. The molecule has 0 N–H and O–H groups in total. The molecule has 0 aromatic heterocycles. The Bertz CT molecular complexity index is 185. The lowest BCUT2D eigenvalue weighted by molar-refractivity contribution is -0.104. The van der Waals surface area contributed by atoms with Crippen LogP contribution in [-0.4, -0.2) is 13.0 Å². The van der Waals surface area contributed by atoms with Gasteiger partial charge in [0.2, 0.25) is 0 Å². The Labute approximate surface area is 61.0 Å². The molecule has 0 aliphatic carbocycles. The molecule has 0 saturated carbocycles. The first-order valence-electron chi connectivity index (χ1n) is 2.96. The van der Waals surface area contributed by atoms with E-state index in [0.29, 0.717) is 5.57 Å². The quantitative estimate of drug-likeness (QED) is 0.252. The number of allylic oxidation sites excluding steroid dienone is 3. The average molecular weight is 137 g/mol. The number of aldehydes is 1.